The normalized spacial score (nSPS) is 16.2. The van der Waals surface area contributed by atoms with Gasteiger partial charge in [-0.15, -0.1) is 0 Å². The number of nitrogens with one attached hydrogen (secondary N) is 1. The maximum absolute atomic E-state index is 8.45. The summed E-state index contributed by atoms with van der Waals surface area (Å²) in [4.78, 5) is 0. The van der Waals surface area contributed by atoms with Gasteiger partial charge < -0.3 is 10.1 Å². The van der Waals surface area contributed by atoms with Crippen LogP contribution >= 0.6 is 0 Å². The van der Waals surface area contributed by atoms with E-state index in [0.717, 1.165) is 18.2 Å². The van der Waals surface area contributed by atoms with Crippen LogP contribution in [0.15, 0.2) is 24.3 Å². The molecule has 0 aromatic heterocycles. The van der Waals surface area contributed by atoms with Crippen LogP contribution in [0.4, 0.5) is 0 Å². The molecule has 2 rings (SSSR count). The van der Waals surface area contributed by atoms with Crippen molar-refractivity contribution >= 4 is 0 Å². The van der Waals surface area contributed by atoms with Gasteiger partial charge in [0, 0.05) is 12.6 Å². The van der Waals surface area contributed by atoms with Crippen LogP contribution in [0.5, 0.6) is 5.75 Å². The predicted octanol–water partition coefficient (Wildman–Crippen LogP) is 2.48. The second kappa shape index (κ2) is 5.70. The number of benzene rings is 1. The molecular weight excluding hydrogens is 212 g/mol. The molecule has 90 valence electrons. The van der Waals surface area contributed by atoms with Crippen molar-refractivity contribution in [2.24, 2.45) is 5.92 Å². The van der Waals surface area contributed by atoms with E-state index in [4.69, 9.17) is 10.00 Å². The lowest BCUT2D eigenvalue weighted by molar-refractivity contribution is 0.367. The van der Waals surface area contributed by atoms with E-state index in [1.165, 1.54) is 18.4 Å². The van der Waals surface area contributed by atoms with Crippen molar-refractivity contribution in [3.63, 3.8) is 0 Å². The van der Waals surface area contributed by atoms with Crippen LogP contribution in [0.25, 0.3) is 0 Å². The number of hydrogen-bond acceptors (Lipinski definition) is 3. The van der Waals surface area contributed by atoms with E-state index in [9.17, 15) is 0 Å². The van der Waals surface area contributed by atoms with Gasteiger partial charge in [0.25, 0.3) is 0 Å². The van der Waals surface area contributed by atoms with E-state index in [0.29, 0.717) is 6.04 Å². The fraction of sp³-hybridized carbons (Fsp3) is 0.500. The number of nitriles is 1. The topological polar surface area (TPSA) is 45.0 Å². The maximum Gasteiger partial charge on any atom is 0.174 e. The van der Waals surface area contributed by atoms with Crippen molar-refractivity contribution in [2.45, 2.75) is 32.4 Å². The van der Waals surface area contributed by atoms with Crippen LogP contribution in [0, 0.1) is 17.2 Å². The fourth-order valence-electron chi connectivity index (χ4n) is 1.90. The van der Waals surface area contributed by atoms with Crippen molar-refractivity contribution in [3.05, 3.63) is 29.8 Å². The SMILES string of the molecule is CC(NCc1cccc(OCC#N)c1)C1CC1. The summed E-state index contributed by atoms with van der Waals surface area (Å²) in [5.74, 6) is 1.64. The van der Waals surface area contributed by atoms with Gasteiger partial charge in [0.2, 0.25) is 0 Å². The Labute approximate surface area is 102 Å². The minimum absolute atomic E-state index is 0.107. The molecule has 1 aromatic rings. The number of nitrogens with zero attached hydrogens (tertiary/aromatic N) is 1. The van der Waals surface area contributed by atoms with Gasteiger partial charge in [0.1, 0.15) is 11.8 Å². The summed E-state index contributed by atoms with van der Waals surface area (Å²) in [5, 5.41) is 12.0. The lowest BCUT2D eigenvalue weighted by atomic mass is 10.1. The summed E-state index contributed by atoms with van der Waals surface area (Å²) >= 11 is 0. The maximum atomic E-state index is 8.45. The highest BCUT2D eigenvalue weighted by Crippen LogP contribution is 2.32. The van der Waals surface area contributed by atoms with E-state index in [2.05, 4.69) is 18.3 Å². The van der Waals surface area contributed by atoms with Crippen LogP contribution in [0.2, 0.25) is 0 Å². The third-order valence-electron chi connectivity index (χ3n) is 3.16. The predicted molar refractivity (Wildman–Crippen MR) is 66.6 cm³/mol. The molecule has 1 aromatic carbocycles. The Bertz CT molecular complexity index is 407. The van der Waals surface area contributed by atoms with Gasteiger partial charge in [-0.05, 0) is 43.4 Å². The standard InChI is InChI=1S/C14H18N2O/c1-11(13-5-6-13)16-10-12-3-2-4-14(9-12)17-8-7-15/h2-4,9,11,13,16H,5-6,8,10H2,1H3. The zero-order chi connectivity index (χ0) is 12.1. The Morgan fingerprint density at radius 2 is 2.35 bits per heavy atom. The Balaban J connectivity index is 1.84. The number of hydrogen-bond donors (Lipinski definition) is 1. The monoisotopic (exact) mass is 230 g/mol. The Morgan fingerprint density at radius 3 is 3.06 bits per heavy atom. The molecule has 0 radical (unpaired) electrons. The molecule has 1 atom stereocenters. The Morgan fingerprint density at radius 1 is 1.53 bits per heavy atom. The van der Waals surface area contributed by atoms with Crippen molar-refractivity contribution in [2.75, 3.05) is 6.61 Å². The van der Waals surface area contributed by atoms with Crippen molar-refractivity contribution in [1.29, 1.82) is 5.26 Å². The second-order valence-electron chi connectivity index (χ2n) is 4.60. The van der Waals surface area contributed by atoms with Gasteiger partial charge >= 0.3 is 0 Å². The first-order valence-electron chi connectivity index (χ1n) is 6.11. The third kappa shape index (κ3) is 3.76. The van der Waals surface area contributed by atoms with E-state index < -0.39 is 0 Å². The van der Waals surface area contributed by atoms with Gasteiger partial charge in [-0.25, -0.2) is 0 Å². The van der Waals surface area contributed by atoms with Crippen molar-refractivity contribution in [3.8, 4) is 11.8 Å². The van der Waals surface area contributed by atoms with Crippen molar-refractivity contribution in [1.82, 2.24) is 5.32 Å². The highest BCUT2D eigenvalue weighted by molar-refractivity contribution is 5.28. The minimum atomic E-state index is 0.107. The van der Waals surface area contributed by atoms with Crippen molar-refractivity contribution < 1.29 is 4.74 Å². The second-order valence-corrected chi connectivity index (χ2v) is 4.60. The molecule has 0 heterocycles. The lowest BCUT2D eigenvalue weighted by Gasteiger charge is -2.13. The molecule has 1 aliphatic rings. The van der Waals surface area contributed by atoms with Gasteiger partial charge in [-0.1, -0.05) is 12.1 Å². The van der Waals surface area contributed by atoms with Crippen LogP contribution in [-0.4, -0.2) is 12.6 Å². The molecule has 0 bridgehead atoms. The first kappa shape index (κ1) is 11.9. The Hall–Kier alpha value is -1.53. The highest BCUT2D eigenvalue weighted by atomic mass is 16.5. The van der Waals surface area contributed by atoms with Gasteiger partial charge in [-0.2, -0.15) is 5.26 Å². The number of ether oxygens (including phenoxy) is 1. The molecule has 1 fully saturated rings. The van der Waals surface area contributed by atoms with Gasteiger partial charge in [0.15, 0.2) is 6.61 Å². The quantitative estimate of drug-likeness (QED) is 0.816. The summed E-state index contributed by atoms with van der Waals surface area (Å²) in [6, 6.07) is 10.5. The molecule has 0 saturated heterocycles. The lowest BCUT2D eigenvalue weighted by Crippen LogP contribution is -2.27. The van der Waals surface area contributed by atoms with Crippen LogP contribution in [-0.2, 0) is 6.54 Å². The van der Waals surface area contributed by atoms with E-state index in [1.807, 2.05) is 24.3 Å². The molecule has 3 heteroatoms. The molecule has 0 aliphatic heterocycles. The molecule has 1 saturated carbocycles. The summed E-state index contributed by atoms with van der Waals surface area (Å²) in [6.07, 6.45) is 2.72. The number of rotatable bonds is 6. The zero-order valence-corrected chi connectivity index (χ0v) is 10.1. The van der Waals surface area contributed by atoms with Crippen LogP contribution < -0.4 is 10.1 Å². The van der Waals surface area contributed by atoms with E-state index in [-0.39, 0.29) is 6.61 Å². The highest BCUT2D eigenvalue weighted by Gasteiger charge is 2.27. The molecule has 1 aliphatic carbocycles. The largest absolute Gasteiger partial charge is 0.479 e. The molecule has 17 heavy (non-hydrogen) atoms. The first-order chi connectivity index (χ1) is 8.29. The molecule has 3 nitrogen and oxygen atoms in total. The average Bonchev–Trinajstić information content (AvgIpc) is 3.18. The smallest absolute Gasteiger partial charge is 0.174 e. The van der Waals surface area contributed by atoms with Gasteiger partial charge in [-0.3, -0.25) is 0 Å². The van der Waals surface area contributed by atoms with Crippen LogP contribution in [0.1, 0.15) is 25.3 Å². The van der Waals surface area contributed by atoms with E-state index in [1.54, 1.807) is 0 Å². The minimum Gasteiger partial charge on any atom is -0.479 e. The van der Waals surface area contributed by atoms with Crippen LogP contribution in [0.3, 0.4) is 0 Å². The molecule has 1 unspecified atom stereocenters. The Kier molecular flexibility index (Phi) is 4.00. The molecule has 0 amide bonds. The molecular formula is C14H18N2O. The molecule has 1 N–H and O–H groups in total. The first-order valence-corrected chi connectivity index (χ1v) is 6.11. The average molecular weight is 230 g/mol. The van der Waals surface area contributed by atoms with Gasteiger partial charge in [0.05, 0.1) is 0 Å². The summed E-state index contributed by atoms with van der Waals surface area (Å²) in [7, 11) is 0. The summed E-state index contributed by atoms with van der Waals surface area (Å²) in [5.41, 5.74) is 1.20. The zero-order valence-electron chi connectivity index (χ0n) is 10.1. The molecule has 0 spiro atoms. The third-order valence-corrected chi connectivity index (χ3v) is 3.16. The van der Waals surface area contributed by atoms with E-state index >= 15 is 0 Å². The fourth-order valence-corrected chi connectivity index (χ4v) is 1.90. The summed E-state index contributed by atoms with van der Waals surface area (Å²) < 4.78 is 5.27. The summed E-state index contributed by atoms with van der Waals surface area (Å²) in [6.45, 7) is 3.21.